The van der Waals surface area contributed by atoms with Gasteiger partial charge in [0.05, 0.1) is 0 Å². The maximum Gasteiger partial charge on any atom is 0.128 e. The number of rotatable bonds is 5. The fourth-order valence-electron chi connectivity index (χ4n) is 1.61. The number of pyridine rings is 1. The van der Waals surface area contributed by atoms with Gasteiger partial charge in [-0.3, -0.25) is 0 Å². The Morgan fingerprint density at radius 2 is 2.06 bits per heavy atom. The molecule has 0 aliphatic rings. The van der Waals surface area contributed by atoms with Crippen LogP contribution in [0.15, 0.2) is 12.1 Å². The molecule has 0 aromatic carbocycles. The van der Waals surface area contributed by atoms with Gasteiger partial charge in [0, 0.05) is 25.2 Å². The summed E-state index contributed by atoms with van der Waals surface area (Å²) in [4.78, 5) is 6.85. The average Bonchev–Trinajstić information content (AvgIpc) is 2.28. The highest BCUT2D eigenvalue weighted by molar-refractivity contribution is 6.17. The lowest BCUT2D eigenvalue weighted by atomic mass is 10.1. The van der Waals surface area contributed by atoms with Gasteiger partial charge in [0.1, 0.15) is 5.82 Å². The number of halogens is 1. The first-order valence-electron chi connectivity index (χ1n) is 5.86. The third-order valence-electron chi connectivity index (χ3n) is 2.59. The van der Waals surface area contributed by atoms with E-state index in [1.165, 1.54) is 0 Å². The lowest BCUT2D eigenvalue weighted by Crippen LogP contribution is -2.19. The zero-order valence-electron chi connectivity index (χ0n) is 10.6. The van der Waals surface area contributed by atoms with Crippen LogP contribution in [0.1, 0.15) is 44.4 Å². The highest BCUT2D eigenvalue weighted by Crippen LogP contribution is 2.20. The first kappa shape index (κ1) is 13.3. The van der Waals surface area contributed by atoms with Gasteiger partial charge in [0.25, 0.3) is 0 Å². The summed E-state index contributed by atoms with van der Waals surface area (Å²) in [5.74, 6) is 2.02. The second-order valence-corrected chi connectivity index (χ2v) is 4.74. The van der Waals surface area contributed by atoms with Crippen LogP contribution in [0.5, 0.6) is 0 Å². The van der Waals surface area contributed by atoms with E-state index in [-0.39, 0.29) is 0 Å². The summed E-state index contributed by atoms with van der Waals surface area (Å²) in [6.45, 7) is 7.51. The average molecular weight is 241 g/mol. The van der Waals surface area contributed by atoms with E-state index < -0.39 is 0 Å². The van der Waals surface area contributed by atoms with E-state index >= 15 is 0 Å². The van der Waals surface area contributed by atoms with Crippen molar-refractivity contribution in [1.82, 2.24) is 4.98 Å². The number of anilines is 1. The second kappa shape index (κ2) is 6.09. The summed E-state index contributed by atoms with van der Waals surface area (Å²) in [7, 11) is 2.08. The lowest BCUT2D eigenvalue weighted by Gasteiger charge is -2.19. The maximum atomic E-state index is 5.91. The van der Waals surface area contributed by atoms with E-state index in [4.69, 9.17) is 11.6 Å². The van der Waals surface area contributed by atoms with Crippen molar-refractivity contribution in [2.45, 2.75) is 39.0 Å². The van der Waals surface area contributed by atoms with Crippen molar-refractivity contribution in [3.05, 3.63) is 23.4 Å². The quantitative estimate of drug-likeness (QED) is 0.728. The summed E-state index contributed by atoms with van der Waals surface area (Å²) in [5.41, 5.74) is 2.27. The molecule has 2 nitrogen and oxygen atoms in total. The Labute approximate surface area is 104 Å². The predicted octanol–water partition coefficient (Wildman–Crippen LogP) is 3.79. The molecule has 0 N–H and O–H groups in total. The van der Waals surface area contributed by atoms with Crippen LogP contribution in [0.2, 0.25) is 0 Å². The summed E-state index contributed by atoms with van der Waals surface area (Å²) < 4.78 is 0. The topological polar surface area (TPSA) is 16.1 Å². The predicted molar refractivity (Wildman–Crippen MR) is 71.4 cm³/mol. The van der Waals surface area contributed by atoms with Crippen molar-refractivity contribution in [2.24, 2.45) is 0 Å². The van der Waals surface area contributed by atoms with Crippen molar-refractivity contribution in [3.8, 4) is 0 Å². The molecule has 3 heteroatoms. The van der Waals surface area contributed by atoms with Crippen molar-refractivity contribution >= 4 is 17.4 Å². The van der Waals surface area contributed by atoms with E-state index in [9.17, 15) is 0 Å². The summed E-state index contributed by atoms with van der Waals surface area (Å²) in [5, 5.41) is 0. The van der Waals surface area contributed by atoms with Gasteiger partial charge >= 0.3 is 0 Å². The minimum absolute atomic E-state index is 0.442. The van der Waals surface area contributed by atoms with E-state index in [0.717, 1.165) is 30.0 Å². The Morgan fingerprint density at radius 3 is 2.56 bits per heavy atom. The molecule has 0 unspecified atom stereocenters. The van der Waals surface area contributed by atoms with Crippen LogP contribution in [-0.4, -0.2) is 18.6 Å². The molecular formula is C13H21ClN2. The smallest absolute Gasteiger partial charge is 0.128 e. The molecule has 90 valence electrons. The number of nitrogens with zero attached hydrogens (tertiary/aromatic N) is 2. The highest BCUT2D eigenvalue weighted by atomic mass is 35.5. The van der Waals surface area contributed by atoms with Crippen molar-refractivity contribution < 1.29 is 0 Å². The van der Waals surface area contributed by atoms with Gasteiger partial charge in [-0.25, -0.2) is 4.98 Å². The Balaban J connectivity index is 3.03. The van der Waals surface area contributed by atoms with Crippen molar-refractivity contribution in [3.63, 3.8) is 0 Å². The second-order valence-electron chi connectivity index (χ2n) is 4.47. The standard InChI is InChI=1S/C13H21ClN2/c1-5-6-16(4)13-8-11(9-14)7-12(15-13)10(2)3/h7-8,10H,5-6,9H2,1-4H3. The van der Waals surface area contributed by atoms with Gasteiger partial charge < -0.3 is 4.90 Å². The molecule has 1 heterocycles. The van der Waals surface area contributed by atoms with Crippen LogP contribution in [-0.2, 0) is 5.88 Å². The molecule has 0 fully saturated rings. The molecule has 0 amide bonds. The molecule has 0 spiro atoms. The van der Waals surface area contributed by atoms with E-state index in [1.807, 2.05) is 0 Å². The third-order valence-corrected chi connectivity index (χ3v) is 2.90. The number of hydrogen-bond acceptors (Lipinski definition) is 2. The van der Waals surface area contributed by atoms with Crippen LogP contribution in [0.4, 0.5) is 5.82 Å². The van der Waals surface area contributed by atoms with Crippen molar-refractivity contribution in [1.29, 1.82) is 0 Å². The van der Waals surface area contributed by atoms with Gasteiger partial charge in [0.2, 0.25) is 0 Å². The largest absolute Gasteiger partial charge is 0.360 e. The van der Waals surface area contributed by atoms with Gasteiger partial charge in [-0.2, -0.15) is 0 Å². The molecule has 1 rings (SSSR count). The molecule has 0 saturated heterocycles. The van der Waals surface area contributed by atoms with Crippen LogP contribution in [0.3, 0.4) is 0 Å². The molecule has 0 saturated carbocycles. The number of hydrogen-bond donors (Lipinski definition) is 0. The Hall–Kier alpha value is -0.760. The van der Waals surface area contributed by atoms with E-state index in [0.29, 0.717) is 11.8 Å². The molecule has 16 heavy (non-hydrogen) atoms. The van der Waals surface area contributed by atoms with Gasteiger partial charge in [-0.1, -0.05) is 20.8 Å². The first-order chi connectivity index (χ1) is 7.58. The minimum Gasteiger partial charge on any atom is -0.360 e. The monoisotopic (exact) mass is 240 g/mol. The van der Waals surface area contributed by atoms with Gasteiger partial charge in [-0.05, 0) is 30.0 Å². The fraction of sp³-hybridized carbons (Fsp3) is 0.615. The molecule has 1 aromatic rings. The van der Waals surface area contributed by atoms with E-state index in [2.05, 4.69) is 49.8 Å². The van der Waals surface area contributed by atoms with Gasteiger partial charge in [0.15, 0.2) is 0 Å². The van der Waals surface area contributed by atoms with Crippen LogP contribution in [0.25, 0.3) is 0 Å². The van der Waals surface area contributed by atoms with Crippen LogP contribution in [0, 0.1) is 0 Å². The number of alkyl halides is 1. The normalized spacial score (nSPS) is 10.9. The minimum atomic E-state index is 0.442. The SMILES string of the molecule is CCCN(C)c1cc(CCl)cc(C(C)C)n1. The number of aromatic nitrogens is 1. The van der Waals surface area contributed by atoms with E-state index in [1.54, 1.807) is 0 Å². The molecule has 0 aliphatic carbocycles. The summed E-state index contributed by atoms with van der Waals surface area (Å²) in [6.07, 6.45) is 1.13. The van der Waals surface area contributed by atoms with Crippen LogP contribution < -0.4 is 4.90 Å². The summed E-state index contributed by atoms with van der Waals surface area (Å²) in [6, 6.07) is 4.18. The highest BCUT2D eigenvalue weighted by Gasteiger charge is 2.08. The van der Waals surface area contributed by atoms with Crippen molar-refractivity contribution in [2.75, 3.05) is 18.5 Å². The third kappa shape index (κ3) is 3.38. The van der Waals surface area contributed by atoms with Gasteiger partial charge in [-0.15, -0.1) is 11.6 Å². The Bertz CT molecular complexity index is 337. The molecule has 0 atom stereocenters. The Morgan fingerprint density at radius 1 is 1.38 bits per heavy atom. The lowest BCUT2D eigenvalue weighted by molar-refractivity contribution is 0.792. The Kier molecular flexibility index (Phi) is 5.07. The molecule has 1 aromatic heterocycles. The molecule has 0 aliphatic heterocycles. The molecule has 0 radical (unpaired) electrons. The molecule has 0 bridgehead atoms. The fourth-order valence-corrected chi connectivity index (χ4v) is 1.77. The van der Waals surface area contributed by atoms with Crippen LogP contribution >= 0.6 is 11.6 Å². The zero-order valence-corrected chi connectivity index (χ0v) is 11.4. The zero-order chi connectivity index (χ0) is 12.1. The summed E-state index contributed by atoms with van der Waals surface area (Å²) >= 11 is 5.91. The molecular weight excluding hydrogens is 220 g/mol. The maximum absolute atomic E-state index is 5.91. The first-order valence-corrected chi connectivity index (χ1v) is 6.39.